The molecule has 0 amide bonds. The molecule has 0 aliphatic rings. The summed E-state index contributed by atoms with van der Waals surface area (Å²) in [6.45, 7) is 0.158. The summed E-state index contributed by atoms with van der Waals surface area (Å²) in [5.74, 6) is 0.390. The predicted molar refractivity (Wildman–Crippen MR) is 55.4 cm³/mol. The second-order valence-electron chi connectivity index (χ2n) is 2.79. The van der Waals surface area contributed by atoms with Crippen LogP contribution >= 0.6 is 11.3 Å². The first-order chi connectivity index (χ1) is 7.31. The van der Waals surface area contributed by atoms with E-state index in [1.165, 1.54) is 18.4 Å². The molecule has 0 saturated carbocycles. The number of nitrogens with zero attached hydrogens (tertiary/aromatic N) is 3. The van der Waals surface area contributed by atoms with Crippen molar-refractivity contribution in [1.29, 1.82) is 0 Å². The molecule has 0 spiro atoms. The van der Waals surface area contributed by atoms with Gasteiger partial charge in [-0.1, -0.05) is 0 Å². The summed E-state index contributed by atoms with van der Waals surface area (Å²) >= 11 is 1.48. The molecule has 0 radical (unpaired) electrons. The molecule has 78 valence electrons. The van der Waals surface area contributed by atoms with Crippen LogP contribution in [-0.4, -0.2) is 27.6 Å². The molecule has 6 heteroatoms. The van der Waals surface area contributed by atoms with Crippen molar-refractivity contribution in [2.24, 2.45) is 0 Å². The minimum Gasteiger partial charge on any atom is -0.468 e. The van der Waals surface area contributed by atoms with Crippen molar-refractivity contribution in [2.75, 3.05) is 7.11 Å². The van der Waals surface area contributed by atoms with E-state index in [9.17, 15) is 4.79 Å². The highest BCUT2D eigenvalue weighted by molar-refractivity contribution is 7.13. The standard InChI is InChI=1S/C9H9N3O2S/c1-14-7(13)6-12-4-2-10-8(12)9-11-3-5-15-9/h2-5H,6H2,1H3. The van der Waals surface area contributed by atoms with Crippen LogP contribution in [0.5, 0.6) is 0 Å². The van der Waals surface area contributed by atoms with Crippen LogP contribution in [0.2, 0.25) is 0 Å². The van der Waals surface area contributed by atoms with Crippen molar-refractivity contribution in [1.82, 2.24) is 14.5 Å². The molecule has 2 aromatic heterocycles. The van der Waals surface area contributed by atoms with Gasteiger partial charge in [-0.2, -0.15) is 0 Å². The first-order valence-corrected chi connectivity index (χ1v) is 5.17. The third kappa shape index (κ3) is 2.04. The molecule has 0 bridgehead atoms. The number of hydrogen-bond acceptors (Lipinski definition) is 5. The molecule has 0 aliphatic carbocycles. The number of esters is 1. The van der Waals surface area contributed by atoms with Gasteiger partial charge in [-0.3, -0.25) is 4.79 Å². The number of methoxy groups -OCH3 is 1. The van der Waals surface area contributed by atoms with E-state index in [0.717, 1.165) is 5.01 Å². The Kier molecular flexibility index (Phi) is 2.77. The van der Waals surface area contributed by atoms with E-state index < -0.39 is 0 Å². The van der Waals surface area contributed by atoms with Gasteiger partial charge in [0.05, 0.1) is 7.11 Å². The summed E-state index contributed by atoms with van der Waals surface area (Å²) < 4.78 is 6.30. The lowest BCUT2D eigenvalue weighted by Crippen LogP contribution is -2.11. The highest BCUT2D eigenvalue weighted by Crippen LogP contribution is 2.19. The second-order valence-corrected chi connectivity index (χ2v) is 3.69. The van der Waals surface area contributed by atoms with E-state index in [-0.39, 0.29) is 12.5 Å². The molecule has 2 aromatic rings. The SMILES string of the molecule is COC(=O)Cn1ccnc1-c1nccs1. The number of carbonyl (C=O) groups excluding carboxylic acids is 1. The summed E-state index contributed by atoms with van der Waals surface area (Å²) in [5.41, 5.74) is 0. The normalized spacial score (nSPS) is 10.2. The van der Waals surface area contributed by atoms with Crippen LogP contribution in [0.3, 0.4) is 0 Å². The van der Waals surface area contributed by atoms with Crippen LogP contribution in [-0.2, 0) is 16.1 Å². The fourth-order valence-corrected chi connectivity index (χ4v) is 1.82. The number of rotatable bonds is 3. The fraction of sp³-hybridized carbons (Fsp3) is 0.222. The highest BCUT2D eigenvalue weighted by Gasteiger charge is 2.10. The Hall–Kier alpha value is -1.69. The Balaban J connectivity index is 2.27. The molecule has 5 nitrogen and oxygen atoms in total. The molecule has 2 heterocycles. The number of thiazole rings is 1. The van der Waals surface area contributed by atoms with Crippen LogP contribution in [0.15, 0.2) is 24.0 Å². The summed E-state index contributed by atoms with van der Waals surface area (Å²) in [5, 5.41) is 2.66. The zero-order valence-corrected chi connectivity index (χ0v) is 8.90. The molecule has 0 saturated heterocycles. The maximum absolute atomic E-state index is 11.1. The summed E-state index contributed by atoms with van der Waals surface area (Å²) in [6, 6.07) is 0. The van der Waals surface area contributed by atoms with Gasteiger partial charge in [0.2, 0.25) is 0 Å². The third-order valence-corrected chi connectivity index (χ3v) is 2.64. The van der Waals surface area contributed by atoms with Crippen LogP contribution in [0.1, 0.15) is 0 Å². The number of carbonyl (C=O) groups is 1. The van der Waals surface area contributed by atoms with Crippen molar-refractivity contribution >= 4 is 17.3 Å². The largest absolute Gasteiger partial charge is 0.468 e. The molecule has 2 rings (SSSR count). The van der Waals surface area contributed by atoms with Crippen molar-refractivity contribution in [2.45, 2.75) is 6.54 Å². The molecular weight excluding hydrogens is 214 g/mol. The van der Waals surface area contributed by atoms with Crippen LogP contribution in [0, 0.1) is 0 Å². The zero-order chi connectivity index (χ0) is 10.7. The minimum atomic E-state index is -0.300. The maximum Gasteiger partial charge on any atom is 0.325 e. The van der Waals surface area contributed by atoms with Crippen molar-refractivity contribution < 1.29 is 9.53 Å². The molecular formula is C9H9N3O2S. The highest BCUT2D eigenvalue weighted by atomic mass is 32.1. The van der Waals surface area contributed by atoms with Gasteiger partial charge in [-0.15, -0.1) is 11.3 Å². The number of imidazole rings is 1. The molecule has 0 N–H and O–H groups in total. The first-order valence-electron chi connectivity index (χ1n) is 4.29. The third-order valence-electron chi connectivity index (χ3n) is 1.87. The minimum absolute atomic E-state index is 0.158. The van der Waals surface area contributed by atoms with Gasteiger partial charge in [0, 0.05) is 24.0 Å². The summed E-state index contributed by atoms with van der Waals surface area (Å²) in [6.07, 6.45) is 5.07. The fourth-order valence-electron chi connectivity index (χ4n) is 1.17. The number of ether oxygens (including phenoxy) is 1. The molecule has 0 atom stereocenters. The zero-order valence-electron chi connectivity index (χ0n) is 8.08. The Morgan fingerprint density at radius 3 is 3.07 bits per heavy atom. The molecule has 0 aliphatic heterocycles. The Bertz CT molecular complexity index is 450. The van der Waals surface area contributed by atoms with E-state index >= 15 is 0 Å². The molecule has 0 aromatic carbocycles. The summed E-state index contributed by atoms with van der Waals surface area (Å²) in [7, 11) is 1.36. The topological polar surface area (TPSA) is 57.0 Å². The van der Waals surface area contributed by atoms with E-state index in [4.69, 9.17) is 0 Å². The van der Waals surface area contributed by atoms with Gasteiger partial charge in [-0.25, -0.2) is 9.97 Å². The average molecular weight is 223 g/mol. The molecule has 15 heavy (non-hydrogen) atoms. The van der Waals surface area contributed by atoms with Gasteiger partial charge in [0.1, 0.15) is 6.54 Å². The molecule has 0 unspecified atom stereocenters. The lowest BCUT2D eigenvalue weighted by molar-refractivity contribution is -0.141. The smallest absolute Gasteiger partial charge is 0.325 e. The van der Waals surface area contributed by atoms with E-state index in [2.05, 4.69) is 14.7 Å². The Morgan fingerprint density at radius 2 is 2.40 bits per heavy atom. The lowest BCUT2D eigenvalue weighted by Gasteiger charge is -2.03. The molecule has 0 fully saturated rings. The van der Waals surface area contributed by atoms with E-state index in [1.807, 2.05) is 5.38 Å². The predicted octanol–water partition coefficient (Wildman–Crippen LogP) is 1.18. The summed E-state index contributed by atoms with van der Waals surface area (Å²) in [4.78, 5) is 19.4. The Morgan fingerprint density at radius 1 is 1.53 bits per heavy atom. The van der Waals surface area contributed by atoms with E-state index in [1.54, 1.807) is 23.2 Å². The number of hydrogen-bond donors (Lipinski definition) is 0. The van der Waals surface area contributed by atoms with Crippen LogP contribution in [0.4, 0.5) is 0 Å². The van der Waals surface area contributed by atoms with Crippen LogP contribution in [0.25, 0.3) is 10.8 Å². The van der Waals surface area contributed by atoms with Gasteiger partial charge in [0.25, 0.3) is 0 Å². The van der Waals surface area contributed by atoms with Crippen molar-refractivity contribution in [3.05, 3.63) is 24.0 Å². The van der Waals surface area contributed by atoms with Crippen LogP contribution < -0.4 is 0 Å². The van der Waals surface area contributed by atoms with Crippen molar-refractivity contribution in [3.63, 3.8) is 0 Å². The second kappa shape index (κ2) is 4.22. The monoisotopic (exact) mass is 223 g/mol. The first kappa shape index (κ1) is 9.85. The van der Waals surface area contributed by atoms with Gasteiger partial charge in [0.15, 0.2) is 10.8 Å². The van der Waals surface area contributed by atoms with E-state index in [0.29, 0.717) is 5.82 Å². The Labute approximate surface area is 90.4 Å². The average Bonchev–Trinajstić information content (AvgIpc) is 2.86. The van der Waals surface area contributed by atoms with Gasteiger partial charge < -0.3 is 9.30 Å². The maximum atomic E-state index is 11.1. The van der Waals surface area contributed by atoms with Crippen molar-refractivity contribution in [3.8, 4) is 10.8 Å². The van der Waals surface area contributed by atoms with Gasteiger partial charge >= 0.3 is 5.97 Å². The lowest BCUT2D eigenvalue weighted by atomic mass is 10.5. The quantitative estimate of drug-likeness (QED) is 0.733. The van der Waals surface area contributed by atoms with Gasteiger partial charge in [-0.05, 0) is 0 Å². The number of aromatic nitrogens is 3.